The number of hydrogen-bond donors (Lipinski definition) is 0. The highest BCUT2D eigenvalue weighted by Gasteiger charge is 2.63. The Morgan fingerprint density at radius 2 is 1.87 bits per heavy atom. The predicted octanol–water partition coefficient (Wildman–Crippen LogP) is 3.89. The molecule has 2 fully saturated rings. The Bertz CT molecular complexity index is 856. The summed E-state index contributed by atoms with van der Waals surface area (Å²) in [6.07, 6.45) is -3.77. The molecule has 6 nitrogen and oxygen atoms in total. The van der Waals surface area contributed by atoms with E-state index >= 15 is 0 Å². The van der Waals surface area contributed by atoms with Gasteiger partial charge in [-0.25, -0.2) is 14.4 Å². The quantitative estimate of drug-likeness (QED) is 0.373. The van der Waals surface area contributed by atoms with Crippen molar-refractivity contribution in [1.82, 2.24) is 0 Å². The second-order valence-electron chi connectivity index (χ2n) is 9.37. The van der Waals surface area contributed by atoms with Gasteiger partial charge in [0.05, 0.1) is 6.61 Å². The van der Waals surface area contributed by atoms with Crippen LogP contribution in [0.1, 0.15) is 47.5 Å². The lowest BCUT2D eigenvalue weighted by Crippen LogP contribution is -2.62. The molecule has 1 heterocycles. The van der Waals surface area contributed by atoms with Crippen LogP contribution in [-0.2, 0) is 28.6 Å². The van der Waals surface area contributed by atoms with Gasteiger partial charge < -0.3 is 14.2 Å². The lowest BCUT2D eigenvalue weighted by molar-refractivity contribution is -0.235. The number of ether oxygens (including phenoxy) is 3. The first-order valence-corrected chi connectivity index (χ1v) is 10.2. The average molecular weight is 444 g/mol. The SMILES string of the molecule is C/C=C(/C)C(=O)O[C@H]1[C@H](OC(=O)C(F)(F)F)C[C@]2(C)C3COC(=O)C3=CCC2C1(C)C. The summed E-state index contributed by atoms with van der Waals surface area (Å²) in [5.41, 5.74) is -0.725. The third-order valence-electron chi connectivity index (χ3n) is 7.25. The number of fused-ring (bicyclic) bond motifs is 3. The van der Waals surface area contributed by atoms with E-state index in [4.69, 9.17) is 14.2 Å². The molecule has 2 aliphatic carbocycles. The summed E-state index contributed by atoms with van der Waals surface area (Å²) in [5.74, 6) is -3.91. The third kappa shape index (κ3) is 3.87. The van der Waals surface area contributed by atoms with Crippen LogP contribution in [-0.4, -0.2) is 42.9 Å². The standard InChI is InChI=1S/C22H27F3O6/c1-6-11(2)17(26)31-16-14(30-19(28)22(23,24)25)9-21(5)13-10-29-18(27)12(13)7-8-15(21)20(16,3)4/h6-7,13-16H,8-10H2,1-5H3/b11-6-/t13?,14-,15?,16+,21-/m1/s1. The van der Waals surface area contributed by atoms with Crippen LogP contribution in [0, 0.1) is 22.7 Å². The molecule has 1 saturated carbocycles. The minimum Gasteiger partial charge on any atom is -0.462 e. The van der Waals surface area contributed by atoms with Crippen molar-refractivity contribution in [1.29, 1.82) is 0 Å². The molecule has 0 aromatic heterocycles. The highest BCUT2D eigenvalue weighted by atomic mass is 19.4. The van der Waals surface area contributed by atoms with Crippen LogP contribution in [0.2, 0.25) is 0 Å². The summed E-state index contributed by atoms with van der Waals surface area (Å²) in [5, 5.41) is 0. The van der Waals surface area contributed by atoms with Crippen LogP contribution in [0.15, 0.2) is 23.3 Å². The van der Waals surface area contributed by atoms with Gasteiger partial charge in [-0.2, -0.15) is 13.2 Å². The maximum absolute atomic E-state index is 13.0. The minimum atomic E-state index is -5.18. The molecular weight excluding hydrogens is 417 g/mol. The Labute approximate surface area is 178 Å². The molecule has 3 rings (SSSR count). The van der Waals surface area contributed by atoms with Crippen molar-refractivity contribution >= 4 is 17.9 Å². The highest BCUT2D eigenvalue weighted by Crippen LogP contribution is 2.62. The van der Waals surface area contributed by atoms with Gasteiger partial charge in [0.15, 0.2) is 0 Å². The zero-order valence-electron chi connectivity index (χ0n) is 18.2. The molecule has 31 heavy (non-hydrogen) atoms. The number of allylic oxidation sites excluding steroid dienone is 2. The molecule has 0 aromatic rings. The Kier molecular flexibility index (Phi) is 5.78. The largest absolute Gasteiger partial charge is 0.490 e. The molecule has 172 valence electrons. The smallest absolute Gasteiger partial charge is 0.462 e. The van der Waals surface area contributed by atoms with E-state index in [0.29, 0.717) is 17.6 Å². The molecule has 0 amide bonds. The van der Waals surface area contributed by atoms with E-state index in [-0.39, 0.29) is 24.9 Å². The molecule has 0 spiro atoms. The van der Waals surface area contributed by atoms with Crippen molar-refractivity contribution in [2.24, 2.45) is 22.7 Å². The van der Waals surface area contributed by atoms with Gasteiger partial charge in [-0.15, -0.1) is 0 Å². The molecule has 1 saturated heterocycles. The number of hydrogen-bond acceptors (Lipinski definition) is 6. The van der Waals surface area contributed by atoms with E-state index in [9.17, 15) is 27.6 Å². The van der Waals surface area contributed by atoms with Crippen molar-refractivity contribution in [3.05, 3.63) is 23.3 Å². The highest BCUT2D eigenvalue weighted by molar-refractivity contribution is 5.91. The zero-order valence-corrected chi connectivity index (χ0v) is 18.2. The first kappa shape index (κ1) is 23.3. The van der Waals surface area contributed by atoms with E-state index < -0.39 is 47.1 Å². The molecule has 0 aromatic carbocycles. The summed E-state index contributed by atoms with van der Waals surface area (Å²) in [7, 11) is 0. The summed E-state index contributed by atoms with van der Waals surface area (Å²) >= 11 is 0. The van der Waals surface area contributed by atoms with Gasteiger partial charge in [0.25, 0.3) is 0 Å². The first-order valence-electron chi connectivity index (χ1n) is 10.2. The molecule has 0 radical (unpaired) electrons. The van der Waals surface area contributed by atoms with Gasteiger partial charge in [-0.3, -0.25) is 0 Å². The number of halogens is 3. The maximum atomic E-state index is 13.0. The summed E-state index contributed by atoms with van der Waals surface area (Å²) in [6.45, 7) is 8.77. The second kappa shape index (κ2) is 7.67. The van der Waals surface area contributed by atoms with Gasteiger partial charge in [0.1, 0.15) is 12.2 Å². The third-order valence-corrected chi connectivity index (χ3v) is 7.25. The Hall–Kier alpha value is -2.32. The number of cyclic esters (lactones) is 1. The van der Waals surface area contributed by atoms with Crippen LogP contribution >= 0.6 is 0 Å². The number of esters is 3. The van der Waals surface area contributed by atoms with Crippen molar-refractivity contribution in [2.45, 2.75) is 65.8 Å². The topological polar surface area (TPSA) is 78.9 Å². The number of rotatable bonds is 3. The minimum absolute atomic E-state index is 0.00833. The normalized spacial score (nSPS) is 34.8. The van der Waals surface area contributed by atoms with Gasteiger partial charge in [0.2, 0.25) is 0 Å². The van der Waals surface area contributed by atoms with Crippen LogP contribution < -0.4 is 0 Å². The fourth-order valence-electron chi connectivity index (χ4n) is 5.52. The van der Waals surface area contributed by atoms with Crippen LogP contribution in [0.3, 0.4) is 0 Å². The maximum Gasteiger partial charge on any atom is 0.490 e. The number of carbonyl (C=O) groups is 3. The van der Waals surface area contributed by atoms with Crippen LogP contribution in [0.4, 0.5) is 13.2 Å². The molecule has 9 heteroatoms. The van der Waals surface area contributed by atoms with Crippen molar-refractivity contribution in [3.8, 4) is 0 Å². The fourth-order valence-corrected chi connectivity index (χ4v) is 5.52. The molecular formula is C22H27F3O6. The van der Waals surface area contributed by atoms with E-state index in [1.54, 1.807) is 20.8 Å². The molecule has 0 bridgehead atoms. The lowest BCUT2D eigenvalue weighted by Gasteiger charge is -2.59. The van der Waals surface area contributed by atoms with Crippen molar-refractivity contribution < 1.29 is 41.8 Å². The van der Waals surface area contributed by atoms with Gasteiger partial charge in [-0.1, -0.05) is 32.9 Å². The Morgan fingerprint density at radius 3 is 2.45 bits per heavy atom. The van der Waals surface area contributed by atoms with Crippen LogP contribution in [0.5, 0.6) is 0 Å². The average Bonchev–Trinajstić information content (AvgIpc) is 3.05. The van der Waals surface area contributed by atoms with Gasteiger partial charge >= 0.3 is 24.1 Å². The Morgan fingerprint density at radius 1 is 1.23 bits per heavy atom. The van der Waals surface area contributed by atoms with Gasteiger partial charge in [-0.05, 0) is 38.0 Å². The van der Waals surface area contributed by atoms with Crippen molar-refractivity contribution in [2.75, 3.05) is 6.61 Å². The molecule has 0 N–H and O–H groups in total. The molecule has 3 aliphatic rings. The zero-order chi connectivity index (χ0) is 23.4. The molecule has 1 aliphatic heterocycles. The fraction of sp³-hybridized carbons (Fsp3) is 0.682. The van der Waals surface area contributed by atoms with E-state index in [1.807, 2.05) is 13.0 Å². The van der Waals surface area contributed by atoms with Crippen LogP contribution in [0.25, 0.3) is 0 Å². The lowest BCUT2D eigenvalue weighted by atomic mass is 9.47. The van der Waals surface area contributed by atoms with E-state index in [0.717, 1.165) is 0 Å². The number of carbonyl (C=O) groups excluding carboxylic acids is 3. The summed E-state index contributed by atoms with van der Waals surface area (Å²) in [4.78, 5) is 36.3. The van der Waals surface area contributed by atoms with E-state index in [1.165, 1.54) is 13.0 Å². The second-order valence-corrected chi connectivity index (χ2v) is 9.37. The van der Waals surface area contributed by atoms with Crippen molar-refractivity contribution in [3.63, 3.8) is 0 Å². The first-order chi connectivity index (χ1) is 14.2. The Balaban J connectivity index is 2.03. The molecule has 5 atom stereocenters. The molecule has 2 unspecified atom stereocenters. The number of alkyl halides is 3. The van der Waals surface area contributed by atoms with Gasteiger partial charge in [0, 0.05) is 22.5 Å². The monoisotopic (exact) mass is 444 g/mol. The summed E-state index contributed by atoms with van der Waals surface area (Å²) < 4.78 is 54.7. The summed E-state index contributed by atoms with van der Waals surface area (Å²) in [6, 6.07) is 0. The predicted molar refractivity (Wildman–Crippen MR) is 102 cm³/mol. The van der Waals surface area contributed by atoms with E-state index in [2.05, 4.69) is 0 Å².